The number of guanidine groups is 3. The van der Waals surface area contributed by atoms with Crippen LogP contribution >= 0.6 is 0 Å². The topological polar surface area (TPSA) is 186 Å². The number of nitrogens with two attached hydrogens (primary N) is 3. The van der Waals surface area contributed by atoms with Crippen molar-refractivity contribution >= 4 is 29.8 Å². The predicted molar refractivity (Wildman–Crippen MR) is 202 cm³/mol. The summed E-state index contributed by atoms with van der Waals surface area (Å²) in [5, 5.41) is 3.48. The predicted octanol–water partition coefficient (Wildman–Crippen LogP) is 4.71. The molecule has 5 aliphatic heterocycles. The summed E-state index contributed by atoms with van der Waals surface area (Å²) in [6.45, 7) is 6.26. The zero-order chi connectivity index (χ0) is 36.2. The zero-order valence-electron chi connectivity index (χ0n) is 31.2. The van der Waals surface area contributed by atoms with Crippen molar-refractivity contribution in [1.29, 1.82) is 0 Å². The van der Waals surface area contributed by atoms with Crippen LogP contribution in [0.1, 0.15) is 136 Å². The van der Waals surface area contributed by atoms with E-state index in [-0.39, 0.29) is 30.0 Å². The molecule has 0 aromatic heterocycles. The number of hydrogen-bond donors (Lipinski definition) is 4. The Morgan fingerprint density at radius 3 is 2.33 bits per heavy atom. The van der Waals surface area contributed by atoms with Crippen LogP contribution in [0.3, 0.4) is 0 Å². The Labute approximate surface area is 304 Å². The molecule has 13 nitrogen and oxygen atoms in total. The first-order valence-electron chi connectivity index (χ1n) is 19.9. The minimum absolute atomic E-state index is 0.0638. The van der Waals surface area contributed by atoms with Crippen molar-refractivity contribution in [3.63, 3.8) is 0 Å². The van der Waals surface area contributed by atoms with E-state index in [1.807, 2.05) is 11.8 Å². The Morgan fingerprint density at radius 1 is 0.882 bits per heavy atom. The molecule has 4 atom stereocenters. The average Bonchev–Trinajstić information content (AvgIpc) is 3.76. The monoisotopic (exact) mass is 710 g/mol. The number of carbonyl (C=O) groups is 2. The summed E-state index contributed by atoms with van der Waals surface area (Å²) in [5.74, 6) is 1.03. The van der Waals surface area contributed by atoms with Crippen LogP contribution in [-0.4, -0.2) is 90.1 Å². The number of carbonyl (C=O) groups excluding carboxylic acids is 2. The van der Waals surface area contributed by atoms with Gasteiger partial charge in [0.1, 0.15) is 0 Å². The SMILES string of the molecule is CCCCCCCC1CC2CCC3C(C(=O)OCCCCCCCC4N=C(N)N5CCCC5=C4C(=O)OCCCCN=C(N)N)=C(C)NC(=N1)N23. The molecule has 0 spiro atoms. The molecule has 2 saturated heterocycles. The normalized spacial score (nSPS) is 23.7. The summed E-state index contributed by atoms with van der Waals surface area (Å²) in [4.78, 5) is 44.7. The molecule has 0 aromatic carbocycles. The van der Waals surface area contributed by atoms with Crippen molar-refractivity contribution < 1.29 is 19.1 Å². The van der Waals surface area contributed by atoms with Gasteiger partial charge in [-0.05, 0) is 71.1 Å². The van der Waals surface area contributed by atoms with Gasteiger partial charge in [-0.2, -0.15) is 0 Å². The summed E-state index contributed by atoms with van der Waals surface area (Å²) in [6.07, 6.45) is 19.4. The van der Waals surface area contributed by atoms with Gasteiger partial charge in [0.15, 0.2) is 17.9 Å². The van der Waals surface area contributed by atoms with Crippen molar-refractivity contribution in [3.8, 4) is 0 Å². The summed E-state index contributed by atoms with van der Waals surface area (Å²) in [7, 11) is 0. The molecule has 7 N–H and O–H groups in total. The third kappa shape index (κ3) is 10.2. The van der Waals surface area contributed by atoms with Crippen LogP contribution in [-0.2, 0) is 19.1 Å². The molecule has 0 radical (unpaired) electrons. The quantitative estimate of drug-likeness (QED) is 0.0563. The first-order valence-corrected chi connectivity index (χ1v) is 19.9. The maximum Gasteiger partial charge on any atom is 0.337 e. The number of ether oxygens (including phenoxy) is 2. The summed E-state index contributed by atoms with van der Waals surface area (Å²) >= 11 is 0. The molecule has 5 aliphatic rings. The summed E-state index contributed by atoms with van der Waals surface area (Å²) in [5.41, 5.74) is 20.4. The van der Waals surface area contributed by atoms with E-state index in [1.165, 1.54) is 32.1 Å². The molecule has 2 fully saturated rings. The third-order valence-corrected chi connectivity index (χ3v) is 11.0. The van der Waals surface area contributed by atoms with Crippen molar-refractivity contribution in [1.82, 2.24) is 15.1 Å². The number of aliphatic imine (C=N–C) groups is 3. The summed E-state index contributed by atoms with van der Waals surface area (Å²) < 4.78 is 11.5. The molecule has 284 valence electrons. The van der Waals surface area contributed by atoms with Gasteiger partial charge in [0.05, 0.1) is 42.5 Å². The molecular weight excluding hydrogens is 646 g/mol. The van der Waals surface area contributed by atoms with E-state index >= 15 is 0 Å². The lowest BCUT2D eigenvalue weighted by Crippen LogP contribution is -2.56. The lowest BCUT2D eigenvalue weighted by Gasteiger charge is -2.42. The van der Waals surface area contributed by atoms with E-state index in [1.54, 1.807) is 0 Å². The fraction of sp³-hybridized carbons (Fsp3) is 0.763. The highest BCUT2D eigenvalue weighted by atomic mass is 16.5. The smallest absolute Gasteiger partial charge is 0.337 e. The van der Waals surface area contributed by atoms with Crippen molar-refractivity contribution in [2.75, 3.05) is 26.3 Å². The highest BCUT2D eigenvalue weighted by molar-refractivity contribution is 5.97. The van der Waals surface area contributed by atoms with E-state index in [9.17, 15) is 9.59 Å². The van der Waals surface area contributed by atoms with E-state index in [4.69, 9.17) is 36.7 Å². The van der Waals surface area contributed by atoms with Crippen LogP contribution in [0, 0.1) is 0 Å². The van der Waals surface area contributed by atoms with Gasteiger partial charge in [-0.3, -0.25) is 4.99 Å². The lowest BCUT2D eigenvalue weighted by atomic mass is 9.96. The van der Waals surface area contributed by atoms with Gasteiger partial charge < -0.3 is 41.8 Å². The number of rotatable bonds is 21. The van der Waals surface area contributed by atoms with Gasteiger partial charge in [-0.1, -0.05) is 64.7 Å². The standard InChI is InChI=1S/C38H63N9O4/c1-3-4-5-7-10-16-27-25-28-19-20-31-32(26(2)43-38(44-27)47(28)31)34(48)50-23-13-9-6-8-11-17-29-33(30-18-15-22-46(30)37(41)45-29)35(49)51-24-14-12-21-42-36(39)40/h27-29,31H,3-25H2,1-2H3,(H2,41,45)(H,43,44)(H4,39,40,42). The second-order valence-corrected chi connectivity index (χ2v) is 14.8. The molecule has 5 rings (SSSR count). The van der Waals surface area contributed by atoms with E-state index in [0.717, 1.165) is 113 Å². The molecule has 13 heteroatoms. The van der Waals surface area contributed by atoms with Crippen molar-refractivity contribution in [3.05, 3.63) is 22.5 Å². The molecule has 0 saturated carbocycles. The number of fused-ring (bicyclic) bond motifs is 1. The highest BCUT2D eigenvalue weighted by Crippen LogP contribution is 2.39. The zero-order valence-corrected chi connectivity index (χ0v) is 31.2. The molecule has 5 heterocycles. The van der Waals surface area contributed by atoms with Gasteiger partial charge in [0.2, 0.25) is 0 Å². The van der Waals surface area contributed by atoms with Crippen molar-refractivity contribution in [2.45, 2.75) is 160 Å². The first-order chi connectivity index (χ1) is 24.8. The minimum atomic E-state index is -0.297. The number of hydrogen-bond acceptors (Lipinski definition) is 11. The summed E-state index contributed by atoms with van der Waals surface area (Å²) in [6, 6.07) is 0.604. The lowest BCUT2D eigenvalue weighted by molar-refractivity contribution is -0.140. The van der Waals surface area contributed by atoms with Crippen LogP contribution in [0.15, 0.2) is 37.5 Å². The Hall–Kier alpha value is -3.77. The highest BCUT2D eigenvalue weighted by Gasteiger charge is 2.46. The van der Waals surface area contributed by atoms with Crippen LogP contribution < -0.4 is 22.5 Å². The minimum Gasteiger partial charge on any atom is -0.462 e. The Kier molecular flexibility index (Phi) is 14.5. The van der Waals surface area contributed by atoms with E-state index < -0.39 is 0 Å². The number of unbranched alkanes of at least 4 members (excludes halogenated alkanes) is 9. The van der Waals surface area contributed by atoms with Gasteiger partial charge in [0, 0.05) is 30.5 Å². The molecule has 0 bridgehead atoms. The number of nitrogens with zero attached hydrogens (tertiary/aromatic N) is 5. The largest absolute Gasteiger partial charge is 0.462 e. The third-order valence-electron chi connectivity index (χ3n) is 11.0. The molecule has 4 unspecified atom stereocenters. The fourth-order valence-corrected chi connectivity index (χ4v) is 8.40. The van der Waals surface area contributed by atoms with E-state index in [0.29, 0.717) is 49.8 Å². The Bertz CT molecular complexity index is 1370. The fourth-order valence-electron chi connectivity index (χ4n) is 8.40. The number of esters is 2. The Morgan fingerprint density at radius 2 is 1.57 bits per heavy atom. The van der Waals surface area contributed by atoms with Crippen LogP contribution in [0.2, 0.25) is 0 Å². The Balaban J connectivity index is 1.01. The molecule has 0 amide bonds. The average molecular weight is 710 g/mol. The van der Waals surface area contributed by atoms with Gasteiger partial charge >= 0.3 is 11.9 Å². The molecule has 0 aliphatic carbocycles. The second-order valence-electron chi connectivity index (χ2n) is 14.8. The van der Waals surface area contributed by atoms with Crippen LogP contribution in [0.5, 0.6) is 0 Å². The van der Waals surface area contributed by atoms with Gasteiger partial charge in [-0.25, -0.2) is 19.6 Å². The number of allylic oxidation sites excluding steroid dienone is 2. The van der Waals surface area contributed by atoms with Crippen LogP contribution in [0.25, 0.3) is 0 Å². The second kappa shape index (κ2) is 19.2. The van der Waals surface area contributed by atoms with Gasteiger partial charge in [0.25, 0.3) is 0 Å². The van der Waals surface area contributed by atoms with Crippen LogP contribution in [0.4, 0.5) is 0 Å². The molecular formula is C38H63N9O4. The maximum atomic E-state index is 13.3. The number of nitrogens with one attached hydrogen (secondary N) is 1. The van der Waals surface area contributed by atoms with Gasteiger partial charge in [-0.15, -0.1) is 0 Å². The molecule has 51 heavy (non-hydrogen) atoms. The van der Waals surface area contributed by atoms with E-state index in [2.05, 4.69) is 22.1 Å². The van der Waals surface area contributed by atoms with Crippen molar-refractivity contribution in [2.24, 2.45) is 32.2 Å². The first kappa shape index (κ1) is 38.5. The maximum absolute atomic E-state index is 13.3. The molecule has 0 aromatic rings.